The van der Waals surface area contributed by atoms with Gasteiger partial charge in [-0.15, -0.1) is 12.6 Å². The maximum Gasteiger partial charge on any atom is 0.245 e. The highest BCUT2D eigenvalue weighted by molar-refractivity contribution is 7.81. The summed E-state index contributed by atoms with van der Waals surface area (Å²) >= 11 is 7.96. The summed E-state index contributed by atoms with van der Waals surface area (Å²) in [7, 11) is 0. The number of nitrogens with two attached hydrogens (primary N) is 4. The number of unbranched alkanes of at least 4 members (excludes halogenated alkanes) is 2. The lowest BCUT2D eigenvalue weighted by Gasteiger charge is -2.29. The van der Waals surface area contributed by atoms with Crippen LogP contribution in [0.3, 0.4) is 0 Å². The number of hydrogen-bond donors (Lipinski definition) is 21. The number of aliphatic hydroxyl groups excluding tert-OH is 4. The van der Waals surface area contributed by atoms with Crippen molar-refractivity contribution in [1.29, 1.82) is 0 Å². The van der Waals surface area contributed by atoms with Crippen LogP contribution in [0.4, 0.5) is 0 Å². The first kappa shape index (κ1) is 84.5. The molecule has 0 aliphatic carbocycles. The topological polar surface area (TPSA) is 526 Å². The highest BCUT2D eigenvalue weighted by atomic mass is 32.1. The van der Waals surface area contributed by atoms with Crippen LogP contribution in [0.25, 0.3) is 10.9 Å². The van der Waals surface area contributed by atoms with E-state index in [0.29, 0.717) is 52.4 Å². The van der Waals surface area contributed by atoms with Crippen molar-refractivity contribution in [2.45, 2.75) is 181 Å². The minimum atomic E-state index is -1.91. The number of ketones is 2. The predicted octanol–water partition coefficient (Wildman–Crippen LogP) is -3.36. The van der Waals surface area contributed by atoms with Crippen LogP contribution in [0.1, 0.15) is 88.0 Å². The van der Waals surface area contributed by atoms with Crippen LogP contribution in [-0.4, -0.2) is 205 Å². The minimum Gasteiger partial charge on any atom is -0.394 e. The third-order valence-corrected chi connectivity index (χ3v) is 17.3. The highest BCUT2D eigenvalue weighted by Gasteiger charge is 2.39. The van der Waals surface area contributed by atoms with Crippen molar-refractivity contribution in [2.75, 3.05) is 19.7 Å². The molecule has 23 N–H and O–H groups in total. The van der Waals surface area contributed by atoms with Gasteiger partial charge in [-0.05, 0) is 94.3 Å². The second-order valence-corrected chi connectivity index (χ2v) is 26.0. The van der Waals surface area contributed by atoms with Gasteiger partial charge in [-0.2, -0.15) is 12.6 Å². The number of Topliss-reactive ketones (excluding diaryl/α,β-unsaturated/α-hetero) is 2. The molecule has 5 rings (SSSR count). The number of nitrogens with one attached hydrogen (secondary N) is 11. The molecule has 0 fully saturated rings. The van der Waals surface area contributed by atoms with Crippen molar-refractivity contribution >= 4 is 107 Å². The first-order valence-corrected chi connectivity index (χ1v) is 34.8. The van der Waals surface area contributed by atoms with Gasteiger partial charge in [0.1, 0.15) is 59.8 Å². The van der Waals surface area contributed by atoms with Crippen LogP contribution in [0.2, 0.25) is 0 Å². The predicted molar refractivity (Wildman–Crippen MR) is 388 cm³/mol. The number of para-hydroxylation sites is 1. The first-order chi connectivity index (χ1) is 49.0. The fourth-order valence-corrected chi connectivity index (χ4v) is 11.6. The smallest absolute Gasteiger partial charge is 0.245 e. The molecule has 1 heterocycles. The Morgan fingerprint density at radius 1 is 0.437 bits per heavy atom. The van der Waals surface area contributed by atoms with Crippen molar-refractivity contribution in [1.82, 2.24) is 58.2 Å². The molecule has 0 aliphatic rings. The average molecular weight is 1470 g/mol. The standard InChI is InChI=1S/C70H97N15O16S2/c1-38(73)58(90)69(102)83-48(28-16-18-30-72)60(92)80-53(35-55(74)89)65(97)78-49(31-41-19-7-4-8-20-41)62(94)77-50(32-42-21-9-5-10-22-42)63(95)79-52(34-44-36-75-46-26-14-13-25-45(44)46)64(96)76-47(27-15-17-29-71)61(93)84-56(39(2)87)67(99)81-51(33-43-23-11-6-12-24-43)66(98)85-57(40(3)88)68(100)82-54(37-86)59(91)70(101)103/h4-14,19-26,36,38-40,47-54,56-57,69-70,75,83,86-88,101-103H,15-18,27-35,37,71-73H2,1-3H3,(H2,74,89)(H,76,96)(H,77,94)(H,78,97)(H,79,95)(H,80,92)(H,81,99)(H,82,100)(H,84,93)(H,85,98)/t38-,39+,40+,47-,48-,49-,50-,51-,52-,53-,54-,56-,57-,69?,70?/m0/s1. The molecule has 103 heavy (non-hydrogen) atoms. The number of carbonyl (C=O) groups excluding carboxylic acids is 12. The molecule has 15 atom stereocenters. The Kier molecular flexibility index (Phi) is 35.3. The quantitative estimate of drug-likeness (QED) is 0.0103. The van der Waals surface area contributed by atoms with E-state index in [1.165, 1.54) is 13.8 Å². The number of fused-ring (bicyclic) bond motifs is 1. The third-order valence-electron chi connectivity index (χ3n) is 16.7. The molecule has 0 radical (unpaired) electrons. The van der Waals surface area contributed by atoms with Gasteiger partial charge in [0.2, 0.25) is 59.1 Å². The van der Waals surface area contributed by atoms with Crippen molar-refractivity contribution in [2.24, 2.45) is 22.9 Å². The number of H-pyrrole nitrogens is 1. The Hall–Kier alpha value is -9.16. The van der Waals surface area contributed by atoms with Crippen molar-refractivity contribution in [3.05, 3.63) is 144 Å². The molecule has 0 spiro atoms. The number of rotatable bonds is 45. The summed E-state index contributed by atoms with van der Waals surface area (Å²) in [5, 5.41) is 66.6. The number of carbonyl (C=O) groups is 12. The number of benzene rings is 4. The van der Waals surface area contributed by atoms with E-state index < -0.39 is 173 Å². The van der Waals surface area contributed by atoms with Crippen LogP contribution >= 0.6 is 25.3 Å². The SMILES string of the molecule is C[C@H](N)C(=O)C(S)N[C@@H](CCCCN)C(=O)N[C@@H](CC(N)=O)C(=O)N[C@@H](Cc1ccccc1)C(=O)N[C@@H](Cc1ccccc1)C(=O)N[C@@H](Cc1c[nH]c2ccccc12)C(=O)N[C@@H](CCCCN)C(=O)N[C@H](C(=O)N[C@@H](Cc1ccccc1)C(=O)N[C@H](C(=O)N[C@@H](CO)C(=O)C(O)S)[C@@H](C)O)[C@@H](C)O. The Morgan fingerprint density at radius 3 is 1.21 bits per heavy atom. The molecular formula is C70H97N15O16S2. The summed E-state index contributed by atoms with van der Waals surface area (Å²) in [6, 6.07) is 15.2. The molecule has 0 saturated carbocycles. The first-order valence-electron chi connectivity index (χ1n) is 33.7. The Morgan fingerprint density at radius 2 is 0.796 bits per heavy atom. The Labute approximate surface area is 607 Å². The van der Waals surface area contributed by atoms with Crippen molar-refractivity contribution in [3.63, 3.8) is 0 Å². The van der Waals surface area contributed by atoms with E-state index in [2.05, 4.69) is 83.4 Å². The molecular weight excluding hydrogens is 1370 g/mol. The van der Waals surface area contributed by atoms with Gasteiger partial charge in [0.15, 0.2) is 17.0 Å². The molecule has 0 aliphatic heterocycles. The number of aliphatic hydroxyl groups is 4. The molecule has 560 valence electrons. The third kappa shape index (κ3) is 27.5. The molecule has 31 nitrogen and oxygen atoms in total. The number of aromatic nitrogens is 1. The van der Waals surface area contributed by atoms with E-state index >= 15 is 14.4 Å². The van der Waals surface area contributed by atoms with Crippen LogP contribution < -0.4 is 76.1 Å². The number of primary amides is 1. The fourth-order valence-electron chi connectivity index (χ4n) is 11.0. The maximum absolute atomic E-state index is 15.3. The van der Waals surface area contributed by atoms with Gasteiger partial charge in [0.25, 0.3) is 0 Å². The van der Waals surface area contributed by atoms with Crippen LogP contribution in [0, 0.1) is 0 Å². The van der Waals surface area contributed by atoms with E-state index in [0.717, 1.165) is 6.92 Å². The molecule has 0 saturated heterocycles. The zero-order valence-electron chi connectivity index (χ0n) is 57.5. The Balaban J connectivity index is 1.48. The highest BCUT2D eigenvalue weighted by Crippen LogP contribution is 2.21. The van der Waals surface area contributed by atoms with Gasteiger partial charge in [-0.1, -0.05) is 116 Å². The summed E-state index contributed by atoms with van der Waals surface area (Å²) in [6.07, 6.45) is -2.03. The number of thiol groups is 2. The van der Waals surface area contributed by atoms with Crippen LogP contribution in [0.5, 0.6) is 0 Å². The van der Waals surface area contributed by atoms with Crippen molar-refractivity contribution < 1.29 is 78.0 Å². The van der Waals surface area contributed by atoms with Gasteiger partial charge in [0.05, 0.1) is 37.3 Å². The molecule has 5 aromatic rings. The summed E-state index contributed by atoms with van der Waals surface area (Å²) in [5.74, 6) is -11.7. The minimum absolute atomic E-state index is 0.109. The molecule has 0 bridgehead atoms. The van der Waals surface area contributed by atoms with E-state index in [1.54, 1.807) is 121 Å². The zero-order chi connectivity index (χ0) is 75.9. The van der Waals surface area contributed by atoms with Gasteiger partial charge >= 0.3 is 0 Å². The fraction of sp³-hybridized carbons (Fsp3) is 0.457. The summed E-state index contributed by atoms with van der Waals surface area (Å²) in [4.78, 5) is 172. The average Bonchev–Trinajstić information content (AvgIpc) is 1.80. The largest absolute Gasteiger partial charge is 0.394 e. The lowest BCUT2D eigenvalue weighted by molar-refractivity contribution is -0.138. The number of aromatic amines is 1. The molecule has 10 amide bonds. The van der Waals surface area contributed by atoms with E-state index in [1.807, 2.05) is 0 Å². The van der Waals surface area contributed by atoms with Gasteiger partial charge < -0.3 is 96.2 Å². The lowest BCUT2D eigenvalue weighted by atomic mass is 10.00. The van der Waals surface area contributed by atoms with Gasteiger partial charge in [-0.3, -0.25) is 62.9 Å². The maximum atomic E-state index is 15.3. The zero-order valence-corrected chi connectivity index (χ0v) is 59.3. The molecule has 4 aromatic carbocycles. The summed E-state index contributed by atoms with van der Waals surface area (Å²) in [5.41, 5.74) is 23.9. The van der Waals surface area contributed by atoms with E-state index in [-0.39, 0.29) is 58.0 Å². The van der Waals surface area contributed by atoms with Crippen LogP contribution in [-0.2, 0) is 83.2 Å². The van der Waals surface area contributed by atoms with Crippen molar-refractivity contribution in [3.8, 4) is 0 Å². The van der Waals surface area contributed by atoms with E-state index in [9.17, 15) is 63.6 Å². The monoisotopic (exact) mass is 1470 g/mol. The summed E-state index contributed by atoms with van der Waals surface area (Å²) in [6.45, 7) is 3.19. The summed E-state index contributed by atoms with van der Waals surface area (Å²) < 4.78 is 0. The number of amides is 10. The molecule has 33 heteroatoms. The second kappa shape index (κ2) is 43.1. The van der Waals surface area contributed by atoms with E-state index in [4.69, 9.17) is 22.9 Å². The second-order valence-electron chi connectivity index (χ2n) is 25.0. The molecule has 1 aromatic heterocycles. The normalized spacial score (nSPS) is 15.7. The molecule has 2 unspecified atom stereocenters. The van der Waals surface area contributed by atoms with Crippen LogP contribution in [0.15, 0.2) is 121 Å². The van der Waals surface area contributed by atoms with Gasteiger partial charge in [0, 0.05) is 42.8 Å². The van der Waals surface area contributed by atoms with Gasteiger partial charge in [-0.25, -0.2) is 0 Å². The lowest BCUT2D eigenvalue weighted by Crippen LogP contribution is -2.63. The Bertz CT molecular complexity index is 3630. The number of hydrogen-bond acceptors (Lipinski definition) is 22.